The summed E-state index contributed by atoms with van der Waals surface area (Å²) in [5, 5.41) is 0. The van der Waals surface area contributed by atoms with Gasteiger partial charge in [0.25, 0.3) is 5.91 Å². The summed E-state index contributed by atoms with van der Waals surface area (Å²) in [7, 11) is 3.20. The van der Waals surface area contributed by atoms with E-state index in [1.54, 1.807) is 6.07 Å². The highest BCUT2D eigenvalue weighted by Crippen LogP contribution is 2.25. The summed E-state index contributed by atoms with van der Waals surface area (Å²) in [6.07, 6.45) is 3.43. The molecule has 3 heterocycles. The molecule has 8 nitrogen and oxygen atoms in total. The monoisotopic (exact) mass is 396 g/mol. The molecule has 29 heavy (non-hydrogen) atoms. The van der Waals surface area contributed by atoms with Gasteiger partial charge in [0.1, 0.15) is 5.82 Å². The maximum Gasteiger partial charge on any atom is 0.376 e. The summed E-state index contributed by atoms with van der Waals surface area (Å²) in [5.41, 5.74) is 2.96. The fourth-order valence-corrected chi connectivity index (χ4v) is 3.92. The summed E-state index contributed by atoms with van der Waals surface area (Å²) in [4.78, 5) is 36.9. The number of likely N-dealkylation sites (N-methyl/N-ethyl adjacent to an activating group) is 1. The van der Waals surface area contributed by atoms with Gasteiger partial charge in [0.05, 0.1) is 20.3 Å². The average Bonchev–Trinajstić information content (AvgIpc) is 3.41. The number of anilines is 1. The lowest BCUT2D eigenvalue weighted by molar-refractivity contribution is 0.0586. The van der Waals surface area contributed by atoms with Gasteiger partial charge in [-0.1, -0.05) is 6.07 Å². The zero-order valence-corrected chi connectivity index (χ0v) is 16.6. The number of amides is 1. The van der Waals surface area contributed by atoms with Crippen LogP contribution in [-0.4, -0.2) is 60.0 Å². The van der Waals surface area contributed by atoms with Crippen molar-refractivity contribution in [1.82, 2.24) is 14.9 Å². The molecule has 0 radical (unpaired) electrons. The molecule has 0 spiro atoms. The number of carbonyl (C=O) groups is 2. The van der Waals surface area contributed by atoms with Crippen molar-refractivity contribution in [2.45, 2.75) is 32.1 Å². The van der Waals surface area contributed by atoms with Crippen molar-refractivity contribution in [2.24, 2.45) is 0 Å². The van der Waals surface area contributed by atoms with Crippen LogP contribution < -0.4 is 4.90 Å². The van der Waals surface area contributed by atoms with E-state index in [9.17, 15) is 9.59 Å². The van der Waals surface area contributed by atoms with E-state index in [0.717, 1.165) is 30.5 Å². The van der Waals surface area contributed by atoms with Gasteiger partial charge >= 0.3 is 5.97 Å². The van der Waals surface area contributed by atoms with E-state index in [0.29, 0.717) is 31.1 Å². The number of ether oxygens (including phenoxy) is 2. The highest BCUT2D eigenvalue weighted by Gasteiger charge is 2.31. The molecule has 0 N–H and O–H groups in total. The molecule has 2 aliphatic rings. The van der Waals surface area contributed by atoms with Gasteiger partial charge in [0.15, 0.2) is 0 Å². The molecule has 1 atom stereocenters. The van der Waals surface area contributed by atoms with Gasteiger partial charge in [0.2, 0.25) is 5.82 Å². The molecule has 0 bridgehead atoms. The third kappa shape index (κ3) is 3.93. The van der Waals surface area contributed by atoms with Crippen LogP contribution in [0.4, 0.5) is 5.82 Å². The van der Waals surface area contributed by atoms with Crippen molar-refractivity contribution >= 4 is 17.7 Å². The zero-order chi connectivity index (χ0) is 20.4. The van der Waals surface area contributed by atoms with Gasteiger partial charge in [0, 0.05) is 37.9 Å². The van der Waals surface area contributed by atoms with Gasteiger partial charge in [-0.2, -0.15) is 0 Å². The Labute approximate surface area is 169 Å². The Balaban J connectivity index is 1.47. The van der Waals surface area contributed by atoms with Crippen LogP contribution in [0.5, 0.6) is 0 Å². The van der Waals surface area contributed by atoms with E-state index in [2.05, 4.69) is 14.7 Å². The fraction of sp³-hybridized carbons (Fsp3) is 0.429. The minimum Gasteiger partial charge on any atom is -0.463 e. The zero-order valence-electron chi connectivity index (χ0n) is 16.6. The van der Waals surface area contributed by atoms with Crippen molar-refractivity contribution in [3.8, 4) is 0 Å². The van der Waals surface area contributed by atoms with Crippen molar-refractivity contribution in [1.29, 1.82) is 0 Å². The first-order valence-corrected chi connectivity index (χ1v) is 9.70. The second kappa shape index (κ2) is 8.16. The predicted octanol–water partition coefficient (Wildman–Crippen LogP) is 2.03. The Kier molecular flexibility index (Phi) is 5.44. The van der Waals surface area contributed by atoms with Gasteiger partial charge < -0.3 is 19.3 Å². The highest BCUT2D eigenvalue weighted by molar-refractivity contribution is 5.95. The highest BCUT2D eigenvalue weighted by atomic mass is 16.5. The molecule has 4 rings (SSSR count). The lowest BCUT2D eigenvalue weighted by Crippen LogP contribution is -2.42. The van der Waals surface area contributed by atoms with Crippen LogP contribution in [0, 0.1) is 0 Å². The van der Waals surface area contributed by atoms with Crippen LogP contribution in [0.1, 0.15) is 44.9 Å². The molecule has 0 aliphatic carbocycles. The van der Waals surface area contributed by atoms with Crippen molar-refractivity contribution in [2.75, 3.05) is 32.1 Å². The van der Waals surface area contributed by atoms with Crippen molar-refractivity contribution in [3.63, 3.8) is 0 Å². The Hall–Kier alpha value is -3.00. The molecule has 1 aromatic heterocycles. The quantitative estimate of drug-likeness (QED) is 0.715. The van der Waals surface area contributed by atoms with Crippen LogP contribution in [0.25, 0.3) is 0 Å². The van der Waals surface area contributed by atoms with Crippen LogP contribution >= 0.6 is 0 Å². The normalized spacial score (nSPS) is 17.9. The fourth-order valence-electron chi connectivity index (χ4n) is 3.92. The number of likely N-dealkylation sites (tertiary alicyclic amines) is 1. The van der Waals surface area contributed by atoms with Crippen LogP contribution in [0.2, 0.25) is 0 Å². The van der Waals surface area contributed by atoms with E-state index in [1.807, 2.05) is 35.0 Å². The van der Waals surface area contributed by atoms with Crippen molar-refractivity contribution < 1.29 is 19.1 Å². The molecule has 2 aliphatic heterocycles. The number of nitrogens with zero attached hydrogens (tertiary/aromatic N) is 4. The smallest absolute Gasteiger partial charge is 0.376 e. The molecule has 0 saturated carbocycles. The molecule has 1 amide bonds. The lowest BCUT2D eigenvalue weighted by Gasteiger charge is -2.29. The third-order valence-electron chi connectivity index (χ3n) is 5.49. The molecule has 1 fully saturated rings. The number of hydrogen-bond donors (Lipinski definition) is 0. The Morgan fingerprint density at radius 1 is 1.28 bits per heavy atom. The van der Waals surface area contributed by atoms with E-state index >= 15 is 0 Å². The molecule has 2 aromatic rings. The maximum atomic E-state index is 13.1. The number of fused-ring (bicyclic) bond motifs is 1. The summed E-state index contributed by atoms with van der Waals surface area (Å²) >= 11 is 0. The van der Waals surface area contributed by atoms with Crippen LogP contribution in [0.3, 0.4) is 0 Å². The number of aromatic nitrogens is 2. The largest absolute Gasteiger partial charge is 0.463 e. The SMILES string of the molecule is COC(=O)c1nccc(N(C)CC2CCCN2C(=O)c2ccc3c(c2)COC3)n1. The van der Waals surface area contributed by atoms with E-state index in [-0.39, 0.29) is 17.8 Å². The Morgan fingerprint density at radius 3 is 2.93 bits per heavy atom. The lowest BCUT2D eigenvalue weighted by atomic mass is 10.1. The van der Waals surface area contributed by atoms with Gasteiger partial charge in [-0.25, -0.2) is 14.8 Å². The standard InChI is InChI=1S/C21H24N4O4/c1-24(18-7-8-22-19(23-18)21(27)28-2)11-17-4-3-9-25(17)20(26)14-5-6-15-12-29-13-16(15)10-14/h5-8,10,17H,3-4,9,11-13H2,1-2H3. The van der Waals surface area contributed by atoms with Gasteiger partial charge in [-0.3, -0.25) is 4.79 Å². The number of rotatable bonds is 5. The van der Waals surface area contributed by atoms with Gasteiger partial charge in [-0.05, 0) is 42.2 Å². The number of benzene rings is 1. The van der Waals surface area contributed by atoms with Crippen molar-refractivity contribution in [3.05, 3.63) is 53.0 Å². The third-order valence-corrected chi connectivity index (χ3v) is 5.49. The first kappa shape index (κ1) is 19.3. The van der Waals surface area contributed by atoms with Crippen LogP contribution in [-0.2, 0) is 22.7 Å². The summed E-state index contributed by atoms with van der Waals surface area (Å²) < 4.78 is 10.1. The molecule has 1 aromatic carbocycles. The molecule has 1 unspecified atom stereocenters. The van der Waals surface area contributed by atoms with E-state index in [4.69, 9.17) is 4.74 Å². The number of esters is 1. The predicted molar refractivity (Wildman–Crippen MR) is 106 cm³/mol. The molecule has 1 saturated heterocycles. The first-order chi connectivity index (χ1) is 14.1. The maximum absolute atomic E-state index is 13.1. The van der Waals surface area contributed by atoms with Gasteiger partial charge in [-0.15, -0.1) is 0 Å². The van der Waals surface area contributed by atoms with E-state index in [1.165, 1.54) is 13.3 Å². The molecular formula is C21H24N4O4. The number of methoxy groups -OCH3 is 1. The Morgan fingerprint density at radius 2 is 2.10 bits per heavy atom. The Bertz CT molecular complexity index is 933. The topological polar surface area (TPSA) is 84.9 Å². The first-order valence-electron chi connectivity index (χ1n) is 9.70. The van der Waals surface area contributed by atoms with Crippen LogP contribution in [0.15, 0.2) is 30.5 Å². The minimum absolute atomic E-state index is 0.0246. The molecular weight excluding hydrogens is 372 g/mol. The minimum atomic E-state index is -0.571. The second-order valence-corrected chi connectivity index (χ2v) is 7.38. The number of carbonyl (C=O) groups excluding carboxylic acids is 2. The second-order valence-electron chi connectivity index (χ2n) is 7.38. The number of hydrogen-bond acceptors (Lipinski definition) is 7. The summed E-state index contributed by atoms with van der Waals surface area (Å²) in [6, 6.07) is 7.66. The molecule has 152 valence electrons. The summed E-state index contributed by atoms with van der Waals surface area (Å²) in [5.74, 6) is 0.123. The summed E-state index contributed by atoms with van der Waals surface area (Å²) in [6.45, 7) is 2.55. The average molecular weight is 396 g/mol. The van der Waals surface area contributed by atoms with E-state index < -0.39 is 5.97 Å². The molecule has 8 heteroatoms.